The van der Waals surface area contributed by atoms with Crippen LogP contribution >= 0.6 is 0 Å². The molecule has 16 heavy (non-hydrogen) atoms. The first-order valence-electron chi connectivity index (χ1n) is 7.13. The van der Waals surface area contributed by atoms with Crippen LogP contribution in [0.1, 0.15) is 47.0 Å². The highest BCUT2D eigenvalue weighted by Gasteiger charge is 2.28. The first kappa shape index (κ1) is 14.0. The van der Waals surface area contributed by atoms with Gasteiger partial charge in [-0.25, -0.2) is 0 Å². The summed E-state index contributed by atoms with van der Waals surface area (Å²) in [7, 11) is 0. The van der Waals surface area contributed by atoms with Crippen LogP contribution in [-0.2, 0) is 0 Å². The molecule has 1 aliphatic rings. The Hall–Kier alpha value is -0.0800. The average molecular weight is 226 g/mol. The van der Waals surface area contributed by atoms with Gasteiger partial charge in [-0.1, -0.05) is 34.1 Å². The quantitative estimate of drug-likeness (QED) is 0.672. The van der Waals surface area contributed by atoms with Crippen molar-refractivity contribution in [2.75, 3.05) is 26.2 Å². The molecule has 1 aliphatic heterocycles. The zero-order valence-corrected chi connectivity index (χ0v) is 11.6. The van der Waals surface area contributed by atoms with Crippen LogP contribution in [0.3, 0.4) is 0 Å². The largest absolute Gasteiger partial charge is 0.315 e. The summed E-state index contributed by atoms with van der Waals surface area (Å²) in [5.41, 5.74) is 0. The van der Waals surface area contributed by atoms with Gasteiger partial charge in [0, 0.05) is 19.1 Å². The number of hydrogen-bond donors (Lipinski definition) is 1. The third-order valence-corrected chi connectivity index (χ3v) is 3.91. The second-order valence-electron chi connectivity index (χ2n) is 5.57. The van der Waals surface area contributed by atoms with Crippen molar-refractivity contribution in [3.8, 4) is 0 Å². The molecule has 0 aromatic rings. The Kier molecular flexibility index (Phi) is 6.37. The molecule has 0 amide bonds. The lowest BCUT2D eigenvalue weighted by molar-refractivity contribution is 0.180. The van der Waals surface area contributed by atoms with E-state index in [2.05, 4.69) is 37.9 Å². The highest BCUT2D eigenvalue weighted by atomic mass is 15.2. The lowest BCUT2D eigenvalue weighted by Gasteiger charge is -2.31. The minimum absolute atomic E-state index is 0.739. The van der Waals surface area contributed by atoms with Crippen molar-refractivity contribution in [2.45, 2.75) is 53.0 Å². The van der Waals surface area contributed by atoms with Crippen LogP contribution in [-0.4, -0.2) is 37.1 Å². The fourth-order valence-corrected chi connectivity index (χ4v) is 2.71. The number of nitrogens with one attached hydrogen (secondary N) is 1. The van der Waals surface area contributed by atoms with E-state index in [1.165, 1.54) is 38.9 Å². The first-order valence-corrected chi connectivity index (χ1v) is 7.13. The van der Waals surface area contributed by atoms with Crippen molar-refractivity contribution >= 4 is 0 Å². The molecule has 2 unspecified atom stereocenters. The Labute approximate surface area is 102 Å². The van der Waals surface area contributed by atoms with E-state index in [4.69, 9.17) is 0 Å². The smallest absolute Gasteiger partial charge is 0.0243 e. The maximum atomic E-state index is 3.58. The fraction of sp³-hybridized carbons (Fsp3) is 1.00. The molecule has 2 nitrogen and oxygen atoms in total. The lowest BCUT2D eigenvalue weighted by Crippen LogP contribution is -2.44. The molecule has 1 rings (SSSR count). The van der Waals surface area contributed by atoms with E-state index in [0.717, 1.165) is 24.4 Å². The maximum absolute atomic E-state index is 3.58. The molecule has 0 aromatic carbocycles. The SMILES string of the molecule is CCCNCC(C(C)C)N1CCC(CC)C1. The van der Waals surface area contributed by atoms with Gasteiger partial charge in [-0.3, -0.25) is 4.90 Å². The van der Waals surface area contributed by atoms with Crippen LogP contribution in [0.2, 0.25) is 0 Å². The van der Waals surface area contributed by atoms with Crippen LogP contribution in [0.5, 0.6) is 0 Å². The summed E-state index contributed by atoms with van der Waals surface area (Å²) in [4.78, 5) is 2.71. The molecule has 0 aromatic heterocycles. The molecule has 96 valence electrons. The molecule has 0 bridgehead atoms. The molecule has 1 fully saturated rings. The number of likely N-dealkylation sites (tertiary alicyclic amines) is 1. The highest BCUT2D eigenvalue weighted by Crippen LogP contribution is 2.23. The summed E-state index contributed by atoms with van der Waals surface area (Å²) in [6.45, 7) is 14.3. The van der Waals surface area contributed by atoms with Crippen LogP contribution in [0.15, 0.2) is 0 Å². The Morgan fingerprint density at radius 2 is 2.06 bits per heavy atom. The summed E-state index contributed by atoms with van der Waals surface area (Å²) in [5, 5.41) is 3.58. The van der Waals surface area contributed by atoms with Gasteiger partial charge in [0.2, 0.25) is 0 Å². The number of rotatable bonds is 7. The summed E-state index contributed by atoms with van der Waals surface area (Å²) in [6.07, 6.45) is 4.00. The second kappa shape index (κ2) is 7.29. The molecular weight excluding hydrogens is 196 g/mol. The van der Waals surface area contributed by atoms with Gasteiger partial charge < -0.3 is 5.32 Å². The molecular formula is C14H30N2. The zero-order valence-electron chi connectivity index (χ0n) is 11.6. The summed E-state index contributed by atoms with van der Waals surface area (Å²) in [6, 6.07) is 0.739. The first-order chi connectivity index (χ1) is 7.69. The van der Waals surface area contributed by atoms with E-state index in [1.807, 2.05) is 0 Å². The molecule has 1 N–H and O–H groups in total. The van der Waals surface area contributed by atoms with Gasteiger partial charge in [-0.05, 0) is 37.8 Å². The Bertz CT molecular complexity index is 180. The topological polar surface area (TPSA) is 15.3 Å². The van der Waals surface area contributed by atoms with Crippen LogP contribution in [0, 0.1) is 11.8 Å². The van der Waals surface area contributed by atoms with E-state index >= 15 is 0 Å². The van der Waals surface area contributed by atoms with Crippen molar-refractivity contribution < 1.29 is 0 Å². The molecule has 0 spiro atoms. The van der Waals surface area contributed by atoms with Gasteiger partial charge in [0.15, 0.2) is 0 Å². The Morgan fingerprint density at radius 1 is 1.31 bits per heavy atom. The van der Waals surface area contributed by atoms with Crippen LogP contribution in [0.25, 0.3) is 0 Å². The third kappa shape index (κ3) is 4.06. The maximum Gasteiger partial charge on any atom is 0.0243 e. The van der Waals surface area contributed by atoms with Crippen molar-refractivity contribution in [1.82, 2.24) is 10.2 Å². The molecule has 2 heteroatoms. The molecule has 0 radical (unpaired) electrons. The minimum atomic E-state index is 0.739. The van der Waals surface area contributed by atoms with Gasteiger partial charge in [0.1, 0.15) is 0 Å². The number of hydrogen-bond acceptors (Lipinski definition) is 2. The average Bonchev–Trinajstić information content (AvgIpc) is 2.72. The molecule has 0 saturated carbocycles. The van der Waals surface area contributed by atoms with E-state index in [0.29, 0.717) is 0 Å². The summed E-state index contributed by atoms with van der Waals surface area (Å²) >= 11 is 0. The van der Waals surface area contributed by atoms with Gasteiger partial charge >= 0.3 is 0 Å². The zero-order chi connectivity index (χ0) is 12.0. The predicted molar refractivity (Wildman–Crippen MR) is 71.8 cm³/mol. The summed E-state index contributed by atoms with van der Waals surface area (Å²) in [5.74, 6) is 1.72. The fourth-order valence-electron chi connectivity index (χ4n) is 2.71. The van der Waals surface area contributed by atoms with E-state index in [-0.39, 0.29) is 0 Å². The minimum Gasteiger partial charge on any atom is -0.315 e. The van der Waals surface area contributed by atoms with Crippen molar-refractivity contribution in [3.63, 3.8) is 0 Å². The van der Waals surface area contributed by atoms with Crippen molar-refractivity contribution in [2.24, 2.45) is 11.8 Å². The second-order valence-corrected chi connectivity index (χ2v) is 5.57. The standard InChI is InChI=1S/C14H30N2/c1-5-8-15-10-14(12(3)4)16-9-7-13(6-2)11-16/h12-15H,5-11H2,1-4H3. The highest BCUT2D eigenvalue weighted by molar-refractivity contribution is 4.84. The summed E-state index contributed by atoms with van der Waals surface area (Å²) < 4.78 is 0. The lowest BCUT2D eigenvalue weighted by atomic mass is 10.0. The van der Waals surface area contributed by atoms with Crippen LogP contribution in [0.4, 0.5) is 0 Å². The van der Waals surface area contributed by atoms with Gasteiger partial charge in [-0.2, -0.15) is 0 Å². The van der Waals surface area contributed by atoms with E-state index in [9.17, 15) is 0 Å². The third-order valence-electron chi connectivity index (χ3n) is 3.91. The normalized spacial score (nSPS) is 24.2. The van der Waals surface area contributed by atoms with Crippen LogP contribution < -0.4 is 5.32 Å². The predicted octanol–water partition coefficient (Wildman–Crippen LogP) is 2.74. The van der Waals surface area contributed by atoms with Crippen molar-refractivity contribution in [1.29, 1.82) is 0 Å². The molecule has 1 saturated heterocycles. The van der Waals surface area contributed by atoms with E-state index in [1.54, 1.807) is 0 Å². The monoisotopic (exact) mass is 226 g/mol. The Balaban J connectivity index is 2.38. The number of nitrogens with zero attached hydrogens (tertiary/aromatic N) is 1. The molecule has 0 aliphatic carbocycles. The van der Waals surface area contributed by atoms with Crippen molar-refractivity contribution in [3.05, 3.63) is 0 Å². The van der Waals surface area contributed by atoms with E-state index < -0.39 is 0 Å². The Morgan fingerprint density at radius 3 is 2.56 bits per heavy atom. The molecule has 2 atom stereocenters. The van der Waals surface area contributed by atoms with Gasteiger partial charge in [0.05, 0.1) is 0 Å². The molecule has 1 heterocycles. The van der Waals surface area contributed by atoms with Gasteiger partial charge in [0.25, 0.3) is 0 Å². The van der Waals surface area contributed by atoms with Gasteiger partial charge in [-0.15, -0.1) is 0 Å².